The molecule has 7 rings (SSSR count). The van der Waals surface area contributed by atoms with Crippen molar-refractivity contribution in [1.82, 2.24) is 9.80 Å². The van der Waals surface area contributed by atoms with Crippen LogP contribution >= 0.6 is 0 Å². The highest BCUT2D eigenvalue weighted by atomic mass is 16.4. The van der Waals surface area contributed by atoms with E-state index in [1.165, 1.54) is 45.2 Å². The number of fused-ring (bicyclic) bond motifs is 7. The fraction of sp³-hybridized carbons (Fsp3) is 0.452. The molecular formula is C31H34N2O3. The Labute approximate surface area is 212 Å². The van der Waals surface area contributed by atoms with Crippen LogP contribution < -0.4 is 5.63 Å². The van der Waals surface area contributed by atoms with Gasteiger partial charge in [-0.3, -0.25) is 9.80 Å². The van der Waals surface area contributed by atoms with Crippen LogP contribution in [0.3, 0.4) is 0 Å². The molecule has 186 valence electrons. The SMILES string of the molecule is O=c1oc2c(CN3CCCC4=CC5CC(CN6CCCCC56)[C@@H]43)c(O)ccc2cc1-c1ccccc1. The van der Waals surface area contributed by atoms with Crippen LogP contribution in [0.2, 0.25) is 0 Å². The zero-order valence-electron chi connectivity index (χ0n) is 20.7. The van der Waals surface area contributed by atoms with E-state index in [0.717, 1.165) is 35.5 Å². The lowest BCUT2D eigenvalue weighted by Gasteiger charge is -2.54. The molecule has 2 bridgehead atoms. The first kappa shape index (κ1) is 22.3. The maximum atomic E-state index is 13.0. The van der Waals surface area contributed by atoms with E-state index in [1.54, 1.807) is 11.6 Å². The van der Waals surface area contributed by atoms with E-state index in [0.29, 0.717) is 35.6 Å². The van der Waals surface area contributed by atoms with Gasteiger partial charge in [-0.05, 0) is 80.8 Å². The molecule has 3 fully saturated rings. The number of aromatic hydroxyl groups is 1. The van der Waals surface area contributed by atoms with Crippen molar-refractivity contribution in [2.75, 3.05) is 19.6 Å². The van der Waals surface area contributed by atoms with Gasteiger partial charge in [-0.25, -0.2) is 4.79 Å². The van der Waals surface area contributed by atoms with E-state index in [1.807, 2.05) is 42.5 Å². The summed E-state index contributed by atoms with van der Waals surface area (Å²) in [6.45, 7) is 4.04. The molecule has 4 aliphatic rings. The van der Waals surface area contributed by atoms with Crippen molar-refractivity contribution in [3.8, 4) is 16.9 Å². The molecule has 0 radical (unpaired) electrons. The summed E-state index contributed by atoms with van der Waals surface area (Å²) in [5.74, 6) is 1.55. The molecule has 3 unspecified atom stereocenters. The van der Waals surface area contributed by atoms with Gasteiger partial charge in [-0.1, -0.05) is 48.4 Å². The standard InChI is InChI=1S/C31H34N2O3/c34-28-12-11-22-17-25(20-7-2-1-3-8-20)31(35)36-30(22)26(28)19-33-14-6-9-21-15-23-16-24(29(21)33)18-32-13-5-4-10-27(23)32/h1-3,7-8,11-12,15,17,23-24,27,29,34H,4-6,9-10,13-14,16,18-19H2/t23?,24?,27?,29-/m1/s1. The highest BCUT2D eigenvalue weighted by Crippen LogP contribution is 2.45. The fourth-order valence-corrected chi connectivity index (χ4v) is 7.67. The van der Waals surface area contributed by atoms with E-state index >= 15 is 0 Å². The van der Waals surface area contributed by atoms with Crippen molar-refractivity contribution in [1.29, 1.82) is 0 Å². The maximum absolute atomic E-state index is 13.0. The first-order valence-electron chi connectivity index (χ1n) is 13.7. The molecule has 5 heteroatoms. The molecule has 3 saturated heterocycles. The van der Waals surface area contributed by atoms with Crippen LogP contribution in [0, 0.1) is 11.8 Å². The van der Waals surface area contributed by atoms with Gasteiger partial charge in [-0.2, -0.15) is 0 Å². The number of phenols is 1. The average molecular weight is 483 g/mol. The number of piperidine rings is 3. The van der Waals surface area contributed by atoms with Crippen molar-refractivity contribution >= 4 is 11.0 Å². The second-order valence-electron chi connectivity index (χ2n) is 11.3. The van der Waals surface area contributed by atoms with E-state index < -0.39 is 0 Å². The van der Waals surface area contributed by atoms with Crippen LogP contribution in [-0.4, -0.2) is 46.6 Å². The monoisotopic (exact) mass is 482 g/mol. The minimum Gasteiger partial charge on any atom is -0.507 e. The molecule has 1 N–H and O–H groups in total. The zero-order valence-corrected chi connectivity index (χ0v) is 20.7. The number of likely N-dealkylation sites (tertiary alicyclic amines) is 1. The Balaban J connectivity index is 1.24. The smallest absolute Gasteiger partial charge is 0.344 e. The normalized spacial score (nSPS) is 28.4. The lowest BCUT2D eigenvalue weighted by atomic mass is 9.68. The van der Waals surface area contributed by atoms with E-state index in [9.17, 15) is 9.90 Å². The van der Waals surface area contributed by atoms with Crippen LogP contribution in [0.4, 0.5) is 0 Å². The van der Waals surface area contributed by atoms with Crippen molar-refractivity contribution in [2.24, 2.45) is 11.8 Å². The van der Waals surface area contributed by atoms with E-state index in [-0.39, 0.29) is 11.4 Å². The number of nitrogens with zero attached hydrogens (tertiary/aromatic N) is 2. The van der Waals surface area contributed by atoms with Crippen molar-refractivity contribution in [3.05, 3.63) is 76.2 Å². The summed E-state index contributed by atoms with van der Waals surface area (Å²) in [6, 6.07) is 16.3. The summed E-state index contributed by atoms with van der Waals surface area (Å²) < 4.78 is 5.92. The van der Waals surface area contributed by atoms with Gasteiger partial charge in [0.2, 0.25) is 0 Å². The molecule has 36 heavy (non-hydrogen) atoms. The van der Waals surface area contributed by atoms with Gasteiger partial charge >= 0.3 is 5.63 Å². The molecule has 3 aliphatic heterocycles. The maximum Gasteiger partial charge on any atom is 0.344 e. The number of phenolic OH excluding ortho intramolecular Hbond substituents is 1. The third-order valence-corrected chi connectivity index (χ3v) is 9.19. The van der Waals surface area contributed by atoms with Gasteiger partial charge < -0.3 is 9.52 Å². The highest BCUT2D eigenvalue weighted by molar-refractivity contribution is 5.85. The van der Waals surface area contributed by atoms with Gasteiger partial charge in [0.15, 0.2) is 0 Å². The van der Waals surface area contributed by atoms with Crippen LogP contribution in [0.1, 0.15) is 44.1 Å². The third kappa shape index (κ3) is 3.72. The fourth-order valence-electron chi connectivity index (χ4n) is 7.67. The second kappa shape index (κ2) is 8.89. The largest absolute Gasteiger partial charge is 0.507 e. The van der Waals surface area contributed by atoms with Gasteiger partial charge in [0.1, 0.15) is 11.3 Å². The number of hydrogen-bond donors (Lipinski definition) is 1. The molecule has 5 nitrogen and oxygen atoms in total. The first-order valence-corrected chi connectivity index (χ1v) is 13.7. The first-order chi connectivity index (χ1) is 17.7. The summed E-state index contributed by atoms with van der Waals surface area (Å²) >= 11 is 0. The minimum atomic E-state index is -0.358. The van der Waals surface area contributed by atoms with Crippen LogP contribution in [-0.2, 0) is 6.54 Å². The molecular weight excluding hydrogens is 448 g/mol. The summed E-state index contributed by atoms with van der Waals surface area (Å²) in [6.07, 6.45) is 10.3. The molecule has 0 saturated carbocycles. The van der Waals surface area contributed by atoms with Crippen LogP contribution in [0.5, 0.6) is 5.75 Å². The molecule has 4 atom stereocenters. The Morgan fingerprint density at radius 3 is 2.81 bits per heavy atom. The molecule has 3 aromatic rings. The van der Waals surface area contributed by atoms with E-state index in [2.05, 4.69) is 15.9 Å². The summed E-state index contributed by atoms with van der Waals surface area (Å²) in [5, 5.41) is 11.8. The molecule has 4 heterocycles. The lowest BCUT2D eigenvalue weighted by molar-refractivity contribution is -0.00274. The van der Waals surface area contributed by atoms with Crippen molar-refractivity contribution < 1.29 is 9.52 Å². The predicted octanol–water partition coefficient (Wildman–Crippen LogP) is 5.56. The van der Waals surface area contributed by atoms with Gasteiger partial charge in [0, 0.05) is 30.6 Å². The highest BCUT2D eigenvalue weighted by Gasteiger charge is 2.46. The third-order valence-electron chi connectivity index (χ3n) is 9.19. The van der Waals surface area contributed by atoms with Gasteiger partial charge in [0.05, 0.1) is 11.1 Å². The second-order valence-corrected chi connectivity index (χ2v) is 11.3. The topological polar surface area (TPSA) is 56.9 Å². The van der Waals surface area contributed by atoms with Crippen molar-refractivity contribution in [3.63, 3.8) is 0 Å². The van der Waals surface area contributed by atoms with E-state index in [4.69, 9.17) is 4.42 Å². The van der Waals surface area contributed by atoms with Crippen molar-refractivity contribution in [2.45, 2.75) is 57.2 Å². The number of benzene rings is 2. The average Bonchev–Trinajstić information content (AvgIpc) is 2.91. The van der Waals surface area contributed by atoms with Crippen LogP contribution in [0.25, 0.3) is 22.1 Å². The Bertz CT molecular complexity index is 1380. The summed E-state index contributed by atoms with van der Waals surface area (Å²) in [7, 11) is 0. The Morgan fingerprint density at radius 1 is 1.03 bits per heavy atom. The predicted molar refractivity (Wildman–Crippen MR) is 142 cm³/mol. The molecule has 1 aromatic heterocycles. The minimum absolute atomic E-state index is 0.211. The van der Waals surface area contributed by atoms with Crippen LogP contribution in [0.15, 0.2) is 69.4 Å². The number of rotatable bonds is 3. The summed E-state index contributed by atoms with van der Waals surface area (Å²) in [5.41, 5.74) is 3.91. The molecule has 0 amide bonds. The molecule has 1 aliphatic carbocycles. The lowest BCUT2D eigenvalue weighted by Crippen LogP contribution is -2.59. The molecule has 2 aromatic carbocycles. The number of hydrogen-bond acceptors (Lipinski definition) is 5. The van der Waals surface area contributed by atoms with Gasteiger partial charge in [-0.15, -0.1) is 0 Å². The Morgan fingerprint density at radius 2 is 1.92 bits per heavy atom. The van der Waals surface area contributed by atoms with Gasteiger partial charge in [0.25, 0.3) is 0 Å². The molecule has 0 spiro atoms. The summed E-state index contributed by atoms with van der Waals surface area (Å²) in [4.78, 5) is 18.3. The Hall–Kier alpha value is -2.89. The quantitative estimate of drug-likeness (QED) is 0.391. The Kier molecular flexibility index (Phi) is 5.51. The zero-order chi connectivity index (χ0) is 24.2.